The minimum absolute atomic E-state index is 0.0612. The number of hydrogen-bond acceptors (Lipinski definition) is 4. The van der Waals surface area contributed by atoms with E-state index in [1.54, 1.807) is 24.3 Å². The zero-order valence-corrected chi connectivity index (χ0v) is 15.7. The van der Waals surface area contributed by atoms with Gasteiger partial charge < -0.3 is 10.1 Å². The van der Waals surface area contributed by atoms with Crippen molar-refractivity contribution < 1.29 is 17.9 Å². The Balaban J connectivity index is 1.64. The molecule has 2 rings (SSSR count). The van der Waals surface area contributed by atoms with Crippen molar-refractivity contribution in [1.29, 1.82) is 0 Å². The Morgan fingerprint density at radius 1 is 1.12 bits per heavy atom. The Labute approximate surface area is 158 Å². The van der Waals surface area contributed by atoms with Crippen LogP contribution >= 0.6 is 11.6 Å². The monoisotopic (exact) mass is 396 g/mol. The number of ether oxygens (including phenoxy) is 1. The van der Waals surface area contributed by atoms with Crippen molar-refractivity contribution in [3.63, 3.8) is 0 Å². The van der Waals surface area contributed by atoms with Gasteiger partial charge in [0, 0.05) is 13.0 Å². The highest BCUT2D eigenvalue weighted by Gasteiger charge is 2.07. The van der Waals surface area contributed by atoms with Crippen molar-refractivity contribution in [2.45, 2.75) is 24.2 Å². The molecule has 0 atom stereocenters. The fourth-order valence-electron chi connectivity index (χ4n) is 2.26. The third-order valence-electron chi connectivity index (χ3n) is 3.63. The molecular formula is C18H21ClN2O4S. The SMILES string of the molecule is NS(=O)(=O)c1ccc(CCNC(=O)CCCOc2ccccc2Cl)cc1. The van der Waals surface area contributed by atoms with Crippen LogP contribution in [0.2, 0.25) is 5.02 Å². The Morgan fingerprint density at radius 3 is 2.46 bits per heavy atom. The third-order valence-corrected chi connectivity index (χ3v) is 4.87. The molecule has 1 amide bonds. The normalized spacial score (nSPS) is 11.2. The van der Waals surface area contributed by atoms with Gasteiger partial charge in [0.2, 0.25) is 15.9 Å². The first-order chi connectivity index (χ1) is 12.4. The van der Waals surface area contributed by atoms with Gasteiger partial charge in [-0.25, -0.2) is 13.6 Å². The van der Waals surface area contributed by atoms with Crippen LogP contribution in [0.4, 0.5) is 0 Å². The summed E-state index contributed by atoms with van der Waals surface area (Å²) in [5.41, 5.74) is 0.916. The van der Waals surface area contributed by atoms with Crippen LogP contribution in [0, 0.1) is 0 Å². The van der Waals surface area contributed by atoms with Crippen molar-refractivity contribution in [1.82, 2.24) is 5.32 Å². The molecule has 0 aliphatic heterocycles. The number of nitrogens with one attached hydrogen (secondary N) is 1. The van der Waals surface area contributed by atoms with E-state index in [9.17, 15) is 13.2 Å². The number of rotatable bonds is 9. The summed E-state index contributed by atoms with van der Waals surface area (Å²) in [5, 5.41) is 8.42. The zero-order valence-electron chi connectivity index (χ0n) is 14.2. The maximum atomic E-state index is 11.8. The van der Waals surface area contributed by atoms with Gasteiger partial charge in [0.1, 0.15) is 5.75 Å². The van der Waals surface area contributed by atoms with E-state index in [2.05, 4.69) is 5.32 Å². The van der Waals surface area contributed by atoms with E-state index >= 15 is 0 Å². The molecular weight excluding hydrogens is 376 g/mol. The van der Waals surface area contributed by atoms with Gasteiger partial charge in [0.25, 0.3) is 0 Å². The number of nitrogens with two attached hydrogens (primary N) is 1. The Morgan fingerprint density at radius 2 is 1.81 bits per heavy atom. The Bertz CT molecular complexity index is 839. The lowest BCUT2D eigenvalue weighted by atomic mass is 10.1. The molecule has 8 heteroatoms. The standard InChI is InChI=1S/C18H21ClN2O4S/c19-16-4-1-2-5-17(16)25-13-3-6-18(22)21-12-11-14-7-9-15(10-8-14)26(20,23)24/h1-2,4-5,7-10H,3,6,11-13H2,(H,21,22)(H2,20,23,24). The molecule has 0 heterocycles. The van der Waals surface area contributed by atoms with Gasteiger partial charge in [-0.2, -0.15) is 0 Å². The largest absolute Gasteiger partial charge is 0.492 e. The Kier molecular flexibility index (Phi) is 7.44. The van der Waals surface area contributed by atoms with E-state index in [0.717, 1.165) is 5.56 Å². The molecule has 0 unspecified atom stereocenters. The average Bonchev–Trinajstić information content (AvgIpc) is 2.60. The van der Waals surface area contributed by atoms with Crippen LogP contribution in [-0.4, -0.2) is 27.5 Å². The summed E-state index contributed by atoms with van der Waals surface area (Å²) in [4.78, 5) is 11.9. The molecule has 0 bridgehead atoms. The minimum Gasteiger partial charge on any atom is -0.492 e. The van der Waals surface area contributed by atoms with Gasteiger partial charge in [-0.15, -0.1) is 0 Å². The fourth-order valence-corrected chi connectivity index (χ4v) is 2.96. The second-order valence-electron chi connectivity index (χ2n) is 5.67. The van der Waals surface area contributed by atoms with Crippen LogP contribution in [-0.2, 0) is 21.2 Å². The molecule has 0 saturated carbocycles. The number of amides is 1. The maximum Gasteiger partial charge on any atom is 0.238 e. The number of carbonyl (C=O) groups excluding carboxylic acids is 1. The van der Waals surface area contributed by atoms with Crippen LogP contribution in [0.1, 0.15) is 18.4 Å². The lowest BCUT2D eigenvalue weighted by Gasteiger charge is -2.08. The second kappa shape index (κ2) is 9.56. The van der Waals surface area contributed by atoms with E-state index < -0.39 is 10.0 Å². The van der Waals surface area contributed by atoms with E-state index in [-0.39, 0.29) is 10.8 Å². The highest BCUT2D eigenvalue weighted by atomic mass is 35.5. The van der Waals surface area contributed by atoms with E-state index in [1.165, 1.54) is 12.1 Å². The van der Waals surface area contributed by atoms with E-state index in [0.29, 0.717) is 43.2 Å². The molecule has 0 aromatic heterocycles. The van der Waals surface area contributed by atoms with Crippen LogP contribution in [0.5, 0.6) is 5.75 Å². The molecule has 2 aromatic carbocycles. The molecule has 0 radical (unpaired) electrons. The maximum absolute atomic E-state index is 11.8. The second-order valence-corrected chi connectivity index (χ2v) is 7.64. The van der Waals surface area contributed by atoms with Crippen LogP contribution in [0.3, 0.4) is 0 Å². The smallest absolute Gasteiger partial charge is 0.238 e. The number of carbonyl (C=O) groups is 1. The predicted molar refractivity (Wildman–Crippen MR) is 101 cm³/mol. The molecule has 140 valence electrons. The molecule has 0 saturated heterocycles. The molecule has 0 aliphatic carbocycles. The van der Waals surface area contributed by atoms with Crippen molar-refractivity contribution >= 4 is 27.5 Å². The minimum atomic E-state index is -3.68. The summed E-state index contributed by atoms with van der Waals surface area (Å²) in [5.74, 6) is 0.548. The topological polar surface area (TPSA) is 98.5 Å². The van der Waals surface area contributed by atoms with Crippen LogP contribution in [0.25, 0.3) is 0 Å². The summed E-state index contributed by atoms with van der Waals surface area (Å²) in [6.07, 6.45) is 1.54. The summed E-state index contributed by atoms with van der Waals surface area (Å²) in [6, 6.07) is 13.5. The highest BCUT2D eigenvalue weighted by molar-refractivity contribution is 7.89. The number of para-hydroxylation sites is 1. The van der Waals surface area contributed by atoms with Crippen molar-refractivity contribution in [3.05, 3.63) is 59.1 Å². The van der Waals surface area contributed by atoms with Gasteiger partial charge in [-0.1, -0.05) is 35.9 Å². The number of primary sulfonamides is 1. The van der Waals surface area contributed by atoms with Crippen molar-refractivity contribution in [2.75, 3.05) is 13.2 Å². The number of hydrogen-bond donors (Lipinski definition) is 2. The van der Waals surface area contributed by atoms with E-state index in [4.69, 9.17) is 21.5 Å². The van der Waals surface area contributed by atoms with Gasteiger partial charge >= 0.3 is 0 Å². The fraction of sp³-hybridized carbons (Fsp3) is 0.278. The van der Waals surface area contributed by atoms with E-state index in [1.807, 2.05) is 12.1 Å². The van der Waals surface area contributed by atoms with Crippen molar-refractivity contribution in [3.8, 4) is 5.75 Å². The summed E-state index contributed by atoms with van der Waals surface area (Å²) >= 11 is 5.98. The average molecular weight is 397 g/mol. The van der Waals surface area contributed by atoms with Gasteiger partial charge in [-0.05, 0) is 42.7 Å². The summed E-state index contributed by atoms with van der Waals surface area (Å²) in [7, 11) is -3.68. The molecule has 26 heavy (non-hydrogen) atoms. The quantitative estimate of drug-likeness (QED) is 0.636. The first-order valence-electron chi connectivity index (χ1n) is 8.12. The molecule has 6 nitrogen and oxygen atoms in total. The molecule has 0 fully saturated rings. The van der Waals surface area contributed by atoms with Gasteiger partial charge in [-0.3, -0.25) is 4.79 Å². The predicted octanol–water partition coefficient (Wildman–Crippen LogP) is 2.51. The van der Waals surface area contributed by atoms with Crippen LogP contribution in [0.15, 0.2) is 53.4 Å². The van der Waals surface area contributed by atoms with Gasteiger partial charge in [0.15, 0.2) is 0 Å². The van der Waals surface area contributed by atoms with Crippen LogP contribution < -0.4 is 15.2 Å². The van der Waals surface area contributed by atoms with Gasteiger partial charge in [0.05, 0.1) is 16.5 Å². The number of benzene rings is 2. The highest BCUT2D eigenvalue weighted by Crippen LogP contribution is 2.23. The lowest BCUT2D eigenvalue weighted by molar-refractivity contribution is -0.121. The van der Waals surface area contributed by atoms with Crippen molar-refractivity contribution in [2.24, 2.45) is 5.14 Å². The molecule has 3 N–H and O–H groups in total. The number of sulfonamides is 1. The Hall–Kier alpha value is -2.09. The lowest BCUT2D eigenvalue weighted by Crippen LogP contribution is -2.25. The summed E-state index contributed by atoms with van der Waals surface area (Å²) < 4.78 is 27.9. The first-order valence-corrected chi connectivity index (χ1v) is 10.0. The zero-order chi connectivity index (χ0) is 19.0. The summed E-state index contributed by atoms with van der Waals surface area (Å²) in [6.45, 7) is 0.880. The molecule has 2 aromatic rings. The first kappa shape index (κ1) is 20.2. The number of halogens is 1. The molecule has 0 spiro atoms. The third kappa shape index (κ3) is 6.67. The molecule has 0 aliphatic rings.